The molecule has 0 aliphatic carbocycles. The van der Waals surface area contributed by atoms with Crippen LogP contribution in [0.5, 0.6) is 0 Å². The summed E-state index contributed by atoms with van der Waals surface area (Å²) in [6, 6.07) is 5.82. The van der Waals surface area contributed by atoms with Crippen LogP contribution in [0.1, 0.15) is 19.5 Å². The van der Waals surface area contributed by atoms with Gasteiger partial charge < -0.3 is 14.4 Å². The first kappa shape index (κ1) is 13.5. The monoisotopic (exact) mass is 261 g/mol. The number of pyridine rings is 1. The number of rotatable bonds is 5. The Morgan fingerprint density at radius 1 is 1.47 bits per heavy atom. The van der Waals surface area contributed by atoms with Crippen LogP contribution in [0.25, 0.3) is 5.65 Å². The first-order valence-electron chi connectivity index (χ1n) is 6.44. The van der Waals surface area contributed by atoms with Crippen LogP contribution in [0.15, 0.2) is 30.6 Å². The van der Waals surface area contributed by atoms with Gasteiger partial charge in [-0.25, -0.2) is 4.98 Å². The predicted octanol–water partition coefficient (Wildman–Crippen LogP) is 1.11. The Hall–Kier alpha value is -1.88. The van der Waals surface area contributed by atoms with Crippen LogP contribution in [0.4, 0.5) is 0 Å². The number of carbonyl (C=O) groups is 1. The molecule has 5 heteroatoms. The summed E-state index contributed by atoms with van der Waals surface area (Å²) < 4.78 is 1.90. The second-order valence-electron chi connectivity index (χ2n) is 4.78. The Kier molecular flexibility index (Phi) is 4.16. The fraction of sp³-hybridized carbons (Fsp3) is 0.429. The largest absolute Gasteiger partial charge is 0.395 e. The van der Waals surface area contributed by atoms with Gasteiger partial charge in [0.1, 0.15) is 5.65 Å². The zero-order chi connectivity index (χ0) is 13.8. The van der Waals surface area contributed by atoms with Gasteiger partial charge in [-0.05, 0) is 26.0 Å². The van der Waals surface area contributed by atoms with Crippen molar-refractivity contribution in [1.29, 1.82) is 0 Å². The number of nitrogens with zero attached hydrogens (tertiary/aromatic N) is 3. The van der Waals surface area contributed by atoms with E-state index in [-0.39, 0.29) is 25.0 Å². The molecule has 0 aromatic carbocycles. The molecule has 2 heterocycles. The van der Waals surface area contributed by atoms with E-state index in [4.69, 9.17) is 5.11 Å². The standard InChI is InChI=1S/C14H19N3O2/c1-11(2)17(7-8-18)14(19)9-12-10-16-6-4-3-5-13(16)15-12/h3-6,10-11,18H,7-9H2,1-2H3. The fourth-order valence-electron chi connectivity index (χ4n) is 2.11. The van der Waals surface area contributed by atoms with E-state index in [9.17, 15) is 4.79 Å². The minimum atomic E-state index is -0.0188. The quantitative estimate of drug-likeness (QED) is 0.877. The molecule has 0 saturated carbocycles. The summed E-state index contributed by atoms with van der Waals surface area (Å²) in [5.74, 6) is -0.00699. The molecule has 0 saturated heterocycles. The molecule has 0 aliphatic rings. The van der Waals surface area contributed by atoms with Crippen molar-refractivity contribution in [3.8, 4) is 0 Å². The number of hydrogen-bond acceptors (Lipinski definition) is 3. The lowest BCUT2D eigenvalue weighted by Crippen LogP contribution is -2.39. The van der Waals surface area contributed by atoms with E-state index in [2.05, 4.69) is 4.98 Å². The average Bonchev–Trinajstić information content (AvgIpc) is 2.77. The molecule has 0 fully saturated rings. The van der Waals surface area contributed by atoms with Gasteiger partial charge in [0.25, 0.3) is 0 Å². The lowest BCUT2D eigenvalue weighted by atomic mass is 10.2. The van der Waals surface area contributed by atoms with Crippen LogP contribution in [0.3, 0.4) is 0 Å². The zero-order valence-corrected chi connectivity index (χ0v) is 11.3. The molecule has 0 atom stereocenters. The maximum atomic E-state index is 12.2. The summed E-state index contributed by atoms with van der Waals surface area (Å²) in [7, 11) is 0. The zero-order valence-electron chi connectivity index (χ0n) is 11.3. The number of hydrogen-bond donors (Lipinski definition) is 1. The Balaban J connectivity index is 2.13. The van der Waals surface area contributed by atoms with Crippen molar-refractivity contribution in [2.24, 2.45) is 0 Å². The molecule has 1 amide bonds. The van der Waals surface area contributed by atoms with Gasteiger partial charge in [0.2, 0.25) is 5.91 Å². The maximum Gasteiger partial charge on any atom is 0.228 e. The van der Waals surface area contributed by atoms with Crippen LogP contribution >= 0.6 is 0 Å². The summed E-state index contributed by atoms with van der Waals surface area (Å²) in [4.78, 5) is 18.3. The number of carbonyl (C=O) groups excluding carboxylic acids is 1. The molecule has 0 spiro atoms. The van der Waals surface area contributed by atoms with E-state index in [1.54, 1.807) is 4.90 Å². The third-order valence-electron chi connectivity index (χ3n) is 3.03. The van der Waals surface area contributed by atoms with Crippen LogP contribution in [0, 0.1) is 0 Å². The lowest BCUT2D eigenvalue weighted by molar-refractivity contribution is -0.132. The summed E-state index contributed by atoms with van der Waals surface area (Å²) in [6.45, 7) is 4.23. The van der Waals surface area contributed by atoms with Gasteiger partial charge in [0, 0.05) is 25.0 Å². The van der Waals surface area contributed by atoms with Gasteiger partial charge in [-0.2, -0.15) is 0 Å². The second-order valence-corrected chi connectivity index (χ2v) is 4.78. The van der Waals surface area contributed by atoms with Crippen molar-refractivity contribution in [2.75, 3.05) is 13.2 Å². The molecule has 1 N–H and O–H groups in total. The normalized spacial score (nSPS) is 11.2. The van der Waals surface area contributed by atoms with Crippen LogP contribution in [-0.2, 0) is 11.2 Å². The Morgan fingerprint density at radius 2 is 2.26 bits per heavy atom. The van der Waals surface area contributed by atoms with Gasteiger partial charge in [-0.1, -0.05) is 6.07 Å². The highest BCUT2D eigenvalue weighted by molar-refractivity contribution is 5.78. The van der Waals surface area contributed by atoms with E-state index in [1.807, 2.05) is 48.8 Å². The number of fused-ring (bicyclic) bond motifs is 1. The van der Waals surface area contributed by atoms with Crippen molar-refractivity contribution in [2.45, 2.75) is 26.3 Å². The van der Waals surface area contributed by atoms with E-state index in [1.165, 1.54) is 0 Å². The summed E-state index contributed by atoms with van der Waals surface area (Å²) in [5.41, 5.74) is 1.59. The average molecular weight is 261 g/mol. The molecule has 5 nitrogen and oxygen atoms in total. The number of amides is 1. The molecule has 2 aromatic rings. The molecule has 0 radical (unpaired) electrons. The van der Waals surface area contributed by atoms with Crippen LogP contribution < -0.4 is 0 Å². The lowest BCUT2D eigenvalue weighted by Gasteiger charge is -2.25. The van der Waals surface area contributed by atoms with Crippen LogP contribution in [-0.4, -0.2) is 44.5 Å². The third-order valence-corrected chi connectivity index (χ3v) is 3.03. The van der Waals surface area contributed by atoms with Gasteiger partial charge in [-0.3, -0.25) is 4.79 Å². The molecule has 102 valence electrons. The number of imidazole rings is 1. The number of aliphatic hydroxyl groups excluding tert-OH is 1. The predicted molar refractivity (Wildman–Crippen MR) is 72.8 cm³/mol. The highest BCUT2D eigenvalue weighted by Gasteiger charge is 2.17. The van der Waals surface area contributed by atoms with Gasteiger partial charge in [0.05, 0.1) is 18.7 Å². The maximum absolute atomic E-state index is 12.2. The first-order valence-corrected chi connectivity index (χ1v) is 6.44. The number of aliphatic hydroxyl groups is 1. The minimum absolute atomic E-state index is 0.00699. The smallest absolute Gasteiger partial charge is 0.228 e. The van der Waals surface area contributed by atoms with Gasteiger partial charge in [0.15, 0.2) is 0 Å². The minimum Gasteiger partial charge on any atom is -0.395 e. The van der Waals surface area contributed by atoms with Crippen LogP contribution in [0.2, 0.25) is 0 Å². The van der Waals surface area contributed by atoms with Gasteiger partial charge in [-0.15, -0.1) is 0 Å². The number of aromatic nitrogens is 2. The molecule has 0 aliphatic heterocycles. The Bertz CT molecular complexity index is 530. The third kappa shape index (κ3) is 3.12. The highest BCUT2D eigenvalue weighted by Crippen LogP contribution is 2.08. The second kappa shape index (κ2) is 5.84. The summed E-state index contributed by atoms with van der Waals surface area (Å²) in [5, 5.41) is 9.00. The molecular weight excluding hydrogens is 242 g/mol. The highest BCUT2D eigenvalue weighted by atomic mass is 16.3. The van der Waals surface area contributed by atoms with Crippen molar-refractivity contribution in [3.63, 3.8) is 0 Å². The van der Waals surface area contributed by atoms with E-state index < -0.39 is 0 Å². The van der Waals surface area contributed by atoms with Crippen molar-refractivity contribution in [1.82, 2.24) is 14.3 Å². The molecule has 2 rings (SSSR count). The summed E-state index contributed by atoms with van der Waals surface area (Å²) >= 11 is 0. The molecule has 19 heavy (non-hydrogen) atoms. The molecule has 2 aromatic heterocycles. The topological polar surface area (TPSA) is 57.8 Å². The SMILES string of the molecule is CC(C)N(CCO)C(=O)Cc1cn2ccccc2n1. The van der Waals surface area contributed by atoms with Crippen molar-refractivity contribution >= 4 is 11.6 Å². The van der Waals surface area contributed by atoms with Crippen molar-refractivity contribution in [3.05, 3.63) is 36.3 Å². The Morgan fingerprint density at radius 3 is 2.89 bits per heavy atom. The van der Waals surface area contributed by atoms with E-state index in [0.717, 1.165) is 11.3 Å². The fourth-order valence-corrected chi connectivity index (χ4v) is 2.11. The van der Waals surface area contributed by atoms with E-state index in [0.29, 0.717) is 6.54 Å². The Labute approximate surface area is 112 Å². The van der Waals surface area contributed by atoms with Gasteiger partial charge >= 0.3 is 0 Å². The van der Waals surface area contributed by atoms with Crippen molar-refractivity contribution < 1.29 is 9.90 Å². The first-order chi connectivity index (χ1) is 9.11. The molecule has 0 unspecified atom stereocenters. The molecule has 0 bridgehead atoms. The molecular formula is C14H19N3O2. The summed E-state index contributed by atoms with van der Waals surface area (Å²) in [6.07, 6.45) is 4.04. The van der Waals surface area contributed by atoms with E-state index >= 15 is 0 Å².